The lowest BCUT2D eigenvalue weighted by Crippen LogP contribution is -2.41. The molecule has 0 fully saturated rings. The van der Waals surface area contributed by atoms with Gasteiger partial charge in [-0.15, -0.1) is 0 Å². The molecular formula is C34H60N2. The lowest BCUT2D eigenvalue weighted by atomic mass is 10.0. The average molecular weight is 497 g/mol. The summed E-state index contributed by atoms with van der Waals surface area (Å²) in [5.41, 5.74) is 1.46. The monoisotopic (exact) mass is 496 g/mol. The summed E-state index contributed by atoms with van der Waals surface area (Å²) in [6.45, 7) is 7.02. The molecule has 2 rings (SSSR count). The zero-order valence-corrected chi connectivity index (χ0v) is 24.3. The summed E-state index contributed by atoms with van der Waals surface area (Å²) in [6, 6.07) is 11.1. The van der Waals surface area contributed by atoms with Gasteiger partial charge in [0.2, 0.25) is 0 Å². The van der Waals surface area contributed by atoms with Gasteiger partial charge in [-0.1, -0.05) is 160 Å². The van der Waals surface area contributed by atoms with Crippen molar-refractivity contribution in [3.05, 3.63) is 48.3 Å². The minimum atomic E-state index is 0.505. The van der Waals surface area contributed by atoms with E-state index in [1.54, 1.807) is 0 Å². The van der Waals surface area contributed by atoms with Crippen LogP contribution in [-0.4, -0.2) is 29.1 Å². The molecule has 2 heteroatoms. The van der Waals surface area contributed by atoms with E-state index in [9.17, 15) is 0 Å². The second-order valence-electron chi connectivity index (χ2n) is 11.3. The van der Waals surface area contributed by atoms with Crippen LogP contribution in [0.15, 0.2) is 42.7 Å². The van der Waals surface area contributed by atoms with Crippen molar-refractivity contribution in [2.24, 2.45) is 0 Å². The maximum absolute atomic E-state index is 2.63. The van der Waals surface area contributed by atoms with E-state index in [2.05, 4.69) is 66.4 Å². The van der Waals surface area contributed by atoms with Gasteiger partial charge in [-0.05, 0) is 18.4 Å². The first-order valence-electron chi connectivity index (χ1n) is 16.1. The summed E-state index contributed by atoms with van der Waals surface area (Å²) in [5.74, 6) is 0. The molecule has 1 aromatic carbocycles. The van der Waals surface area contributed by atoms with Crippen molar-refractivity contribution in [2.45, 2.75) is 155 Å². The Morgan fingerprint density at radius 1 is 0.472 bits per heavy atom. The van der Waals surface area contributed by atoms with Gasteiger partial charge in [-0.2, -0.15) is 0 Å². The Balaban J connectivity index is 1.57. The number of unbranched alkanes of at least 4 members (excludes halogenated alkanes) is 18. The predicted octanol–water partition coefficient (Wildman–Crippen LogP) is 10.5. The van der Waals surface area contributed by atoms with Crippen LogP contribution in [0.2, 0.25) is 0 Å². The smallest absolute Gasteiger partial charge is 0.105 e. The highest BCUT2D eigenvalue weighted by molar-refractivity contribution is 5.17. The van der Waals surface area contributed by atoms with Gasteiger partial charge in [0.1, 0.15) is 6.17 Å². The van der Waals surface area contributed by atoms with Crippen LogP contribution in [0, 0.1) is 0 Å². The minimum Gasteiger partial charge on any atom is -0.356 e. The van der Waals surface area contributed by atoms with Gasteiger partial charge in [-0.25, -0.2) is 0 Å². The predicted molar refractivity (Wildman–Crippen MR) is 160 cm³/mol. The number of benzene rings is 1. The fourth-order valence-electron chi connectivity index (χ4n) is 5.63. The molecule has 0 aliphatic carbocycles. The third-order valence-corrected chi connectivity index (χ3v) is 8.02. The molecule has 2 nitrogen and oxygen atoms in total. The van der Waals surface area contributed by atoms with Crippen molar-refractivity contribution in [1.82, 2.24) is 9.80 Å². The molecule has 0 saturated heterocycles. The molecule has 1 unspecified atom stereocenters. The lowest BCUT2D eigenvalue weighted by Gasteiger charge is -2.33. The van der Waals surface area contributed by atoms with Crippen LogP contribution < -0.4 is 0 Å². The Labute approximate surface area is 225 Å². The lowest BCUT2D eigenvalue weighted by molar-refractivity contribution is 0.148. The normalized spacial score (nSPS) is 15.3. The molecule has 0 aromatic heterocycles. The molecule has 1 heterocycles. The van der Waals surface area contributed by atoms with E-state index in [-0.39, 0.29) is 0 Å². The third kappa shape index (κ3) is 14.3. The molecule has 0 N–H and O–H groups in total. The zero-order valence-electron chi connectivity index (χ0n) is 24.3. The van der Waals surface area contributed by atoms with Gasteiger partial charge in [0.05, 0.1) is 0 Å². The Kier molecular flexibility index (Phi) is 18.5. The van der Waals surface area contributed by atoms with Crippen molar-refractivity contribution < 1.29 is 0 Å². The average Bonchev–Trinajstić information content (AvgIpc) is 3.27. The summed E-state index contributed by atoms with van der Waals surface area (Å²) in [6.07, 6.45) is 34.7. The molecule has 1 atom stereocenters. The highest BCUT2D eigenvalue weighted by Gasteiger charge is 2.25. The molecule has 0 radical (unpaired) electrons. The number of hydrogen-bond donors (Lipinski definition) is 0. The van der Waals surface area contributed by atoms with Crippen LogP contribution in [0.3, 0.4) is 0 Å². The largest absolute Gasteiger partial charge is 0.356 e. The second kappa shape index (κ2) is 21.6. The highest BCUT2D eigenvalue weighted by Crippen LogP contribution is 2.22. The molecular weight excluding hydrogens is 436 g/mol. The molecule has 36 heavy (non-hydrogen) atoms. The fourth-order valence-corrected chi connectivity index (χ4v) is 5.63. The molecule has 0 amide bonds. The molecule has 0 spiro atoms. The molecule has 1 aliphatic heterocycles. The van der Waals surface area contributed by atoms with Crippen LogP contribution >= 0.6 is 0 Å². The Morgan fingerprint density at radius 2 is 0.833 bits per heavy atom. The molecule has 1 aliphatic rings. The van der Waals surface area contributed by atoms with Crippen molar-refractivity contribution in [3.8, 4) is 0 Å². The number of nitrogens with zero attached hydrogens (tertiary/aromatic N) is 2. The summed E-state index contributed by atoms with van der Waals surface area (Å²) >= 11 is 0. The van der Waals surface area contributed by atoms with Crippen LogP contribution in [-0.2, 0) is 6.42 Å². The maximum Gasteiger partial charge on any atom is 0.105 e. The second-order valence-corrected chi connectivity index (χ2v) is 11.3. The Morgan fingerprint density at radius 3 is 1.22 bits per heavy atom. The zero-order chi connectivity index (χ0) is 25.5. The SMILES string of the molecule is CCCCCCCCCCCCCCCCN1C=CN(CCCCCCCC)C1Cc1ccccc1. The van der Waals surface area contributed by atoms with E-state index in [1.165, 1.54) is 147 Å². The maximum atomic E-state index is 2.63. The number of rotatable bonds is 24. The fraction of sp³-hybridized carbons (Fsp3) is 0.765. The van der Waals surface area contributed by atoms with Crippen LogP contribution in [0.1, 0.15) is 148 Å². The van der Waals surface area contributed by atoms with Crippen molar-refractivity contribution in [3.63, 3.8) is 0 Å². The van der Waals surface area contributed by atoms with Gasteiger partial charge >= 0.3 is 0 Å². The first-order valence-corrected chi connectivity index (χ1v) is 16.1. The van der Waals surface area contributed by atoms with Crippen LogP contribution in [0.4, 0.5) is 0 Å². The first-order chi connectivity index (χ1) is 17.8. The summed E-state index contributed by atoms with van der Waals surface area (Å²) in [5, 5.41) is 0. The van der Waals surface area contributed by atoms with E-state index < -0.39 is 0 Å². The molecule has 206 valence electrons. The molecule has 1 aromatic rings. The molecule has 0 saturated carbocycles. The van der Waals surface area contributed by atoms with E-state index in [0.717, 1.165) is 6.42 Å². The summed E-state index contributed by atoms with van der Waals surface area (Å²) in [4.78, 5) is 5.25. The first kappa shape index (κ1) is 30.8. The van der Waals surface area contributed by atoms with Crippen LogP contribution in [0.5, 0.6) is 0 Å². The van der Waals surface area contributed by atoms with Crippen molar-refractivity contribution in [2.75, 3.05) is 13.1 Å². The van der Waals surface area contributed by atoms with E-state index >= 15 is 0 Å². The van der Waals surface area contributed by atoms with E-state index in [0.29, 0.717) is 6.17 Å². The van der Waals surface area contributed by atoms with Gasteiger partial charge in [0.25, 0.3) is 0 Å². The van der Waals surface area contributed by atoms with Crippen molar-refractivity contribution >= 4 is 0 Å². The topological polar surface area (TPSA) is 6.48 Å². The van der Waals surface area contributed by atoms with Crippen molar-refractivity contribution in [1.29, 1.82) is 0 Å². The van der Waals surface area contributed by atoms with Crippen LogP contribution in [0.25, 0.3) is 0 Å². The van der Waals surface area contributed by atoms with Gasteiger partial charge < -0.3 is 9.80 Å². The van der Waals surface area contributed by atoms with Gasteiger partial charge in [0, 0.05) is 31.9 Å². The summed E-state index contributed by atoms with van der Waals surface area (Å²) in [7, 11) is 0. The minimum absolute atomic E-state index is 0.505. The Hall–Kier alpha value is -1.44. The highest BCUT2D eigenvalue weighted by atomic mass is 15.4. The van der Waals surface area contributed by atoms with Gasteiger partial charge in [-0.3, -0.25) is 0 Å². The Bertz CT molecular complexity index is 625. The van der Waals surface area contributed by atoms with Gasteiger partial charge in [0.15, 0.2) is 0 Å². The van der Waals surface area contributed by atoms with E-state index in [4.69, 9.17) is 0 Å². The third-order valence-electron chi connectivity index (χ3n) is 8.02. The van der Waals surface area contributed by atoms with E-state index in [1.807, 2.05) is 0 Å². The number of hydrogen-bond acceptors (Lipinski definition) is 2. The quantitative estimate of drug-likeness (QED) is 0.131. The molecule has 0 bridgehead atoms. The summed E-state index contributed by atoms with van der Waals surface area (Å²) < 4.78 is 0. The standard InChI is InChI=1S/C34H60N2/c1-3-5-7-9-11-12-13-14-15-16-17-18-20-25-29-36-31-30-35(28-24-19-10-8-6-4-2)34(36)32-33-26-22-21-23-27-33/h21-23,26-27,30-31,34H,3-20,24-25,28-29,32H2,1-2H3.